The smallest absolute Gasteiger partial charge is 0.119 e. The third kappa shape index (κ3) is 4.61. The SMILES string of the molecule is Cc1ccccc1CCC(N)c1ccc(OC(C)C)cc1. The number of hydrogen-bond donors (Lipinski definition) is 1. The molecule has 1 atom stereocenters. The van der Waals surface area contributed by atoms with E-state index in [4.69, 9.17) is 10.5 Å². The molecule has 0 saturated heterocycles. The van der Waals surface area contributed by atoms with Crippen LogP contribution in [0.5, 0.6) is 5.75 Å². The summed E-state index contributed by atoms with van der Waals surface area (Å²) in [7, 11) is 0. The third-order valence-corrected chi connectivity index (χ3v) is 3.67. The lowest BCUT2D eigenvalue weighted by Gasteiger charge is -2.15. The highest BCUT2D eigenvalue weighted by Gasteiger charge is 2.08. The molecule has 0 radical (unpaired) electrons. The summed E-state index contributed by atoms with van der Waals surface area (Å²) < 4.78 is 5.65. The number of aryl methyl sites for hydroxylation is 2. The van der Waals surface area contributed by atoms with Crippen molar-refractivity contribution in [2.45, 2.75) is 45.8 Å². The Hall–Kier alpha value is -1.80. The first-order valence-electron chi connectivity index (χ1n) is 7.63. The molecule has 0 aliphatic heterocycles. The standard InChI is InChI=1S/C19H25NO/c1-14(2)21-18-11-8-17(9-12-18)19(20)13-10-16-7-5-4-6-15(16)3/h4-9,11-12,14,19H,10,13,20H2,1-3H3. The molecule has 0 heterocycles. The van der Waals surface area contributed by atoms with Crippen molar-refractivity contribution >= 4 is 0 Å². The van der Waals surface area contributed by atoms with Crippen LogP contribution in [0.15, 0.2) is 48.5 Å². The molecule has 0 aromatic heterocycles. The molecular weight excluding hydrogens is 258 g/mol. The van der Waals surface area contributed by atoms with Crippen LogP contribution >= 0.6 is 0 Å². The van der Waals surface area contributed by atoms with Gasteiger partial charge >= 0.3 is 0 Å². The molecule has 2 aromatic rings. The molecule has 2 heteroatoms. The molecule has 0 fully saturated rings. The van der Waals surface area contributed by atoms with Crippen molar-refractivity contribution < 1.29 is 4.74 Å². The summed E-state index contributed by atoms with van der Waals surface area (Å²) in [5.41, 5.74) is 10.2. The molecule has 0 saturated carbocycles. The summed E-state index contributed by atoms with van der Waals surface area (Å²) in [6, 6.07) is 16.7. The number of ether oxygens (including phenoxy) is 1. The van der Waals surface area contributed by atoms with Crippen LogP contribution in [0.4, 0.5) is 0 Å². The molecule has 21 heavy (non-hydrogen) atoms. The van der Waals surface area contributed by atoms with Gasteiger partial charge in [0, 0.05) is 6.04 Å². The topological polar surface area (TPSA) is 35.2 Å². The van der Waals surface area contributed by atoms with Crippen molar-refractivity contribution in [3.05, 3.63) is 65.2 Å². The van der Waals surface area contributed by atoms with E-state index in [1.807, 2.05) is 26.0 Å². The van der Waals surface area contributed by atoms with Crippen molar-refractivity contribution in [1.29, 1.82) is 0 Å². The Morgan fingerprint density at radius 3 is 2.29 bits per heavy atom. The van der Waals surface area contributed by atoms with Gasteiger partial charge in [-0.15, -0.1) is 0 Å². The molecule has 0 amide bonds. The molecule has 2 N–H and O–H groups in total. The van der Waals surface area contributed by atoms with Crippen molar-refractivity contribution in [2.75, 3.05) is 0 Å². The van der Waals surface area contributed by atoms with Gasteiger partial charge < -0.3 is 10.5 Å². The largest absolute Gasteiger partial charge is 0.491 e. The molecular formula is C19H25NO. The third-order valence-electron chi connectivity index (χ3n) is 3.67. The van der Waals surface area contributed by atoms with Crippen LogP contribution < -0.4 is 10.5 Å². The van der Waals surface area contributed by atoms with Crippen LogP contribution in [0, 0.1) is 6.92 Å². The fourth-order valence-electron chi connectivity index (χ4n) is 2.43. The lowest BCUT2D eigenvalue weighted by Crippen LogP contribution is -2.12. The highest BCUT2D eigenvalue weighted by atomic mass is 16.5. The Morgan fingerprint density at radius 2 is 1.67 bits per heavy atom. The average molecular weight is 283 g/mol. The van der Waals surface area contributed by atoms with E-state index in [-0.39, 0.29) is 12.1 Å². The van der Waals surface area contributed by atoms with Gasteiger partial charge in [0.05, 0.1) is 6.10 Å². The highest BCUT2D eigenvalue weighted by molar-refractivity contribution is 5.30. The fourth-order valence-corrected chi connectivity index (χ4v) is 2.43. The number of hydrogen-bond acceptors (Lipinski definition) is 2. The van der Waals surface area contributed by atoms with E-state index in [0.717, 1.165) is 18.6 Å². The van der Waals surface area contributed by atoms with Gasteiger partial charge in [0.15, 0.2) is 0 Å². The second-order valence-electron chi connectivity index (χ2n) is 5.81. The minimum Gasteiger partial charge on any atom is -0.491 e. The molecule has 2 nitrogen and oxygen atoms in total. The normalized spacial score (nSPS) is 12.4. The maximum atomic E-state index is 6.30. The maximum absolute atomic E-state index is 6.30. The van der Waals surface area contributed by atoms with Gasteiger partial charge in [-0.3, -0.25) is 0 Å². The molecule has 2 rings (SSSR count). The molecule has 0 aliphatic carbocycles. The molecule has 0 bridgehead atoms. The average Bonchev–Trinajstić information content (AvgIpc) is 2.46. The lowest BCUT2D eigenvalue weighted by atomic mass is 9.97. The second kappa shape index (κ2) is 7.28. The van der Waals surface area contributed by atoms with Crippen molar-refractivity contribution in [3.63, 3.8) is 0 Å². The van der Waals surface area contributed by atoms with Crippen molar-refractivity contribution in [3.8, 4) is 5.75 Å². The summed E-state index contributed by atoms with van der Waals surface area (Å²) in [6.45, 7) is 6.21. The molecule has 0 spiro atoms. The Balaban J connectivity index is 1.94. The summed E-state index contributed by atoms with van der Waals surface area (Å²) in [5.74, 6) is 0.903. The van der Waals surface area contributed by atoms with Gasteiger partial charge in [-0.2, -0.15) is 0 Å². The summed E-state index contributed by atoms with van der Waals surface area (Å²) in [5, 5.41) is 0. The van der Waals surface area contributed by atoms with Crippen LogP contribution in [0.2, 0.25) is 0 Å². The summed E-state index contributed by atoms with van der Waals surface area (Å²) >= 11 is 0. The zero-order valence-corrected chi connectivity index (χ0v) is 13.2. The number of benzene rings is 2. The van der Waals surface area contributed by atoms with Crippen LogP contribution in [-0.4, -0.2) is 6.10 Å². The maximum Gasteiger partial charge on any atom is 0.119 e. The first-order valence-corrected chi connectivity index (χ1v) is 7.63. The van der Waals surface area contributed by atoms with Crippen LogP contribution in [0.3, 0.4) is 0 Å². The molecule has 0 aliphatic rings. The Morgan fingerprint density at radius 1 is 1.00 bits per heavy atom. The van der Waals surface area contributed by atoms with E-state index < -0.39 is 0 Å². The predicted octanol–water partition coefficient (Wildman–Crippen LogP) is 4.41. The number of rotatable bonds is 6. The minimum absolute atomic E-state index is 0.0673. The predicted molar refractivity (Wildman–Crippen MR) is 88.6 cm³/mol. The van der Waals surface area contributed by atoms with E-state index >= 15 is 0 Å². The van der Waals surface area contributed by atoms with E-state index in [1.165, 1.54) is 16.7 Å². The van der Waals surface area contributed by atoms with Gasteiger partial charge in [0.1, 0.15) is 5.75 Å². The highest BCUT2D eigenvalue weighted by Crippen LogP contribution is 2.21. The van der Waals surface area contributed by atoms with E-state index in [9.17, 15) is 0 Å². The van der Waals surface area contributed by atoms with E-state index in [0.29, 0.717) is 0 Å². The van der Waals surface area contributed by atoms with Crippen molar-refractivity contribution in [2.24, 2.45) is 5.73 Å². The Kier molecular flexibility index (Phi) is 5.40. The Bertz CT molecular complexity index is 560. The molecule has 1 unspecified atom stereocenters. The zero-order valence-electron chi connectivity index (χ0n) is 13.2. The lowest BCUT2D eigenvalue weighted by molar-refractivity contribution is 0.242. The quantitative estimate of drug-likeness (QED) is 0.852. The first-order chi connectivity index (χ1) is 10.1. The van der Waals surface area contributed by atoms with Gasteiger partial charge in [-0.25, -0.2) is 0 Å². The van der Waals surface area contributed by atoms with Gasteiger partial charge in [0.2, 0.25) is 0 Å². The summed E-state index contributed by atoms with van der Waals surface area (Å²) in [4.78, 5) is 0. The van der Waals surface area contributed by atoms with Crippen molar-refractivity contribution in [1.82, 2.24) is 0 Å². The van der Waals surface area contributed by atoms with E-state index in [1.54, 1.807) is 0 Å². The van der Waals surface area contributed by atoms with E-state index in [2.05, 4.69) is 43.3 Å². The van der Waals surface area contributed by atoms with Crippen LogP contribution in [0.25, 0.3) is 0 Å². The molecule has 112 valence electrons. The monoisotopic (exact) mass is 283 g/mol. The minimum atomic E-state index is 0.0673. The molecule has 2 aromatic carbocycles. The second-order valence-corrected chi connectivity index (χ2v) is 5.81. The van der Waals surface area contributed by atoms with Gasteiger partial charge in [0.25, 0.3) is 0 Å². The number of nitrogens with two attached hydrogens (primary N) is 1. The first kappa shape index (κ1) is 15.6. The Labute approximate surface area is 127 Å². The van der Waals surface area contributed by atoms with Crippen LogP contribution in [-0.2, 0) is 6.42 Å². The van der Waals surface area contributed by atoms with Crippen LogP contribution in [0.1, 0.15) is 43.0 Å². The zero-order chi connectivity index (χ0) is 15.2. The van der Waals surface area contributed by atoms with Gasteiger partial charge in [-0.1, -0.05) is 36.4 Å². The summed E-state index contributed by atoms with van der Waals surface area (Å²) in [6.07, 6.45) is 2.17. The fraction of sp³-hybridized carbons (Fsp3) is 0.368. The van der Waals surface area contributed by atoms with Gasteiger partial charge in [-0.05, 0) is 62.4 Å².